The Balaban J connectivity index is 2.04. The van der Waals surface area contributed by atoms with Crippen molar-refractivity contribution in [3.05, 3.63) is 83.2 Å². The Morgan fingerprint density at radius 3 is 2.34 bits per heavy atom. The van der Waals surface area contributed by atoms with Gasteiger partial charge in [0.15, 0.2) is 0 Å². The maximum absolute atomic E-state index is 6.27. The Kier molecular flexibility index (Phi) is 5.09. The number of hydrogen-bond donors (Lipinski definition) is 0. The third kappa shape index (κ3) is 3.74. The van der Waals surface area contributed by atoms with Crippen molar-refractivity contribution in [2.24, 2.45) is 4.99 Å². The maximum atomic E-state index is 6.27. The molecule has 1 aromatic heterocycles. The second kappa shape index (κ2) is 7.84. The van der Waals surface area contributed by atoms with Crippen LogP contribution in [0.4, 0.5) is 5.69 Å². The molecule has 4 heteroatoms. The number of nitrogens with zero attached hydrogens (tertiary/aromatic N) is 1. The summed E-state index contributed by atoms with van der Waals surface area (Å²) in [4.78, 5) is 4.95. The SMILES string of the molecule is COc1ccc(N=c2cc(-c3ccccc3)oc3cc(C)cc(C)c23)c(OC)c1. The van der Waals surface area contributed by atoms with Gasteiger partial charge in [0.25, 0.3) is 0 Å². The smallest absolute Gasteiger partial charge is 0.148 e. The van der Waals surface area contributed by atoms with Gasteiger partial charge in [0, 0.05) is 23.1 Å². The third-order valence-corrected chi connectivity index (χ3v) is 4.87. The van der Waals surface area contributed by atoms with Gasteiger partial charge < -0.3 is 13.9 Å². The van der Waals surface area contributed by atoms with E-state index in [2.05, 4.69) is 26.0 Å². The number of fused-ring (bicyclic) bond motifs is 1. The first kappa shape index (κ1) is 18.8. The minimum absolute atomic E-state index is 0.657. The van der Waals surface area contributed by atoms with Crippen molar-refractivity contribution < 1.29 is 13.9 Å². The lowest BCUT2D eigenvalue weighted by Crippen LogP contribution is -2.05. The average molecular weight is 385 g/mol. The van der Waals surface area contributed by atoms with Gasteiger partial charge in [-0.15, -0.1) is 0 Å². The lowest BCUT2D eigenvalue weighted by Gasteiger charge is -2.10. The van der Waals surface area contributed by atoms with Crippen LogP contribution in [0.3, 0.4) is 0 Å². The largest absolute Gasteiger partial charge is 0.497 e. The van der Waals surface area contributed by atoms with Crippen LogP contribution in [-0.2, 0) is 0 Å². The first-order valence-electron chi connectivity index (χ1n) is 9.46. The number of benzene rings is 3. The molecule has 0 aliphatic heterocycles. The van der Waals surface area contributed by atoms with Crippen LogP contribution in [0.2, 0.25) is 0 Å². The predicted molar refractivity (Wildman–Crippen MR) is 116 cm³/mol. The minimum atomic E-state index is 0.657. The molecule has 0 fully saturated rings. The first-order valence-corrected chi connectivity index (χ1v) is 9.46. The fraction of sp³-hybridized carbons (Fsp3) is 0.160. The Morgan fingerprint density at radius 1 is 0.828 bits per heavy atom. The van der Waals surface area contributed by atoms with Gasteiger partial charge in [0.2, 0.25) is 0 Å². The molecule has 0 bridgehead atoms. The van der Waals surface area contributed by atoms with E-state index in [1.807, 2.05) is 54.6 Å². The maximum Gasteiger partial charge on any atom is 0.148 e. The molecule has 0 aliphatic rings. The second-order valence-electron chi connectivity index (χ2n) is 6.97. The van der Waals surface area contributed by atoms with Gasteiger partial charge >= 0.3 is 0 Å². The second-order valence-corrected chi connectivity index (χ2v) is 6.97. The Hall–Kier alpha value is -3.53. The van der Waals surface area contributed by atoms with Crippen LogP contribution in [0.15, 0.2) is 76.1 Å². The van der Waals surface area contributed by atoms with Crippen molar-refractivity contribution in [3.63, 3.8) is 0 Å². The summed E-state index contributed by atoms with van der Waals surface area (Å²) in [6.07, 6.45) is 0. The van der Waals surface area contributed by atoms with E-state index in [-0.39, 0.29) is 0 Å². The highest BCUT2D eigenvalue weighted by Gasteiger charge is 2.10. The minimum Gasteiger partial charge on any atom is -0.497 e. The van der Waals surface area contributed by atoms with E-state index < -0.39 is 0 Å². The van der Waals surface area contributed by atoms with Crippen LogP contribution in [0.1, 0.15) is 11.1 Å². The monoisotopic (exact) mass is 385 g/mol. The molecule has 0 N–H and O–H groups in total. The van der Waals surface area contributed by atoms with E-state index in [4.69, 9.17) is 18.9 Å². The van der Waals surface area contributed by atoms with Crippen molar-refractivity contribution >= 4 is 16.7 Å². The summed E-state index contributed by atoms with van der Waals surface area (Å²) in [7, 11) is 3.27. The van der Waals surface area contributed by atoms with Crippen molar-refractivity contribution in [2.45, 2.75) is 13.8 Å². The summed E-state index contributed by atoms with van der Waals surface area (Å²) < 4.78 is 17.1. The van der Waals surface area contributed by atoms with Crippen molar-refractivity contribution in [1.29, 1.82) is 0 Å². The normalized spacial score (nSPS) is 11.7. The molecular weight excluding hydrogens is 362 g/mol. The van der Waals surface area contributed by atoms with Crippen LogP contribution < -0.4 is 14.8 Å². The summed E-state index contributed by atoms with van der Waals surface area (Å²) >= 11 is 0. The van der Waals surface area contributed by atoms with Crippen LogP contribution in [0, 0.1) is 13.8 Å². The molecule has 4 nitrogen and oxygen atoms in total. The molecule has 0 spiro atoms. The summed E-state index contributed by atoms with van der Waals surface area (Å²) in [6, 6.07) is 21.9. The molecule has 0 aliphatic carbocycles. The Bertz CT molecular complexity index is 1240. The Morgan fingerprint density at radius 2 is 1.62 bits per heavy atom. The lowest BCUT2D eigenvalue weighted by molar-refractivity contribution is 0.395. The Labute approximate surface area is 170 Å². The fourth-order valence-electron chi connectivity index (χ4n) is 3.52. The molecule has 4 aromatic rings. The van der Waals surface area contributed by atoms with E-state index in [0.29, 0.717) is 5.75 Å². The zero-order valence-electron chi connectivity index (χ0n) is 17.0. The van der Waals surface area contributed by atoms with Gasteiger partial charge in [-0.25, -0.2) is 4.99 Å². The zero-order chi connectivity index (χ0) is 20.4. The molecule has 0 amide bonds. The summed E-state index contributed by atoms with van der Waals surface area (Å²) in [5.41, 5.74) is 4.83. The van der Waals surface area contributed by atoms with E-state index in [1.54, 1.807) is 14.2 Å². The molecule has 0 unspecified atom stereocenters. The van der Waals surface area contributed by atoms with E-state index >= 15 is 0 Å². The molecule has 29 heavy (non-hydrogen) atoms. The van der Waals surface area contributed by atoms with Gasteiger partial charge in [0.05, 0.1) is 19.6 Å². The van der Waals surface area contributed by atoms with E-state index in [9.17, 15) is 0 Å². The van der Waals surface area contributed by atoms with Gasteiger partial charge in [-0.2, -0.15) is 0 Å². The van der Waals surface area contributed by atoms with Gasteiger partial charge in [-0.1, -0.05) is 36.4 Å². The average Bonchev–Trinajstić information content (AvgIpc) is 2.74. The molecule has 4 rings (SSSR count). The predicted octanol–water partition coefficient (Wildman–Crippen LogP) is 5.97. The van der Waals surface area contributed by atoms with Gasteiger partial charge in [0.1, 0.15) is 28.5 Å². The number of methoxy groups -OCH3 is 2. The molecular formula is C25H23NO3. The van der Waals surface area contributed by atoms with Crippen LogP contribution >= 0.6 is 0 Å². The van der Waals surface area contributed by atoms with Crippen molar-refractivity contribution in [1.82, 2.24) is 0 Å². The standard InChI is InChI=1S/C25H23NO3/c1-16-12-17(2)25-21(26-20-11-10-19(27-3)14-23(20)28-4)15-22(29-24(25)13-16)18-8-6-5-7-9-18/h5-15H,1-4H3. The zero-order valence-corrected chi connectivity index (χ0v) is 17.0. The molecule has 3 aromatic carbocycles. The topological polar surface area (TPSA) is 44.0 Å². The van der Waals surface area contributed by atoms with Crippen LogP contribution in [-0.4, -0.2) is 14.2 Å². The van der Waals surface area contributed by atoms with Crippen molar-refractivity contribution in [3.8, 4) is 22.8 Å². The number of rotatable bonds is 4. The molecule has 0 saturated carbocycles. The number of aryl methyl sites for hydroxylation is 2. The van der Waals surface area contributed by atoms with Crippen LogP contribution in [0.5, 0.6) is 11.5 Å². The van der Waals surface area contributed by atoms with Crippen molar-refractivity contribution in [2.75, 3.05) is 14.2 Å². The number of ether oxygens (including phenoxy) is 2. The van der Waals surface area contributed by atoms with Gasteiger partial charge in [-0.05, 0) is 43.2 Å². The summed E-state index contributed by atoms with van der Waals surface area (Å²) in [5, 5.41) is 1.83. The molecule has 0 saturated heterocycles. The molecule has 146 valence electrons. The first-order chi connectivity index (χ1) is 14.1. The molecule has 1 heterocycles. The highest BCUT2D eigenvalue weighted by atomic mass is 16.5. The van der Waals surface area contributed by atoms with E-state index in [0.717, 1.165) is 50.2 Å². The van der Waals surface area contributed by atoms with E-state index in [1.165, 1.54) is 0 Å². The molecule has 0 radical (unpaired) electrons. The summed E-state index contributed by atoms with van der Waals surface area (Å²) in [5.74, 6) is 2.16. The summed E-state index contributed by atoms with van der Waals surface area (Å²) in [6.45, 7) is 4.15. The van der Waals surface area contributed by atoms with Crippen LogP contribution in [0.25, 0.3) is 22.3 Å². The third-order valence-electron chi connectivity index (χ3n) is 4.87. The number of hydrogen-bond acceptors (Lipinski definition) is 4. The highest BCUT2D eigenvalue weighted by Crippen LogP contribution is 2.32. The van der Waals surface area contributed by atoms with Gasteiger partial charge in [-0.3, -0.25) is 0 Å². The lowest BCUT2D eigenvalue weighted by atomic mass is 10.0. The molecule has 0 atom stereocenters. The fourth-order valence-corrected chi connectivity index (χ4v) is 3.52. The quantitative estimate of drug-likeness (QED) is 0.435. The highest BCUT2D eigenvalue weighted by molar-refractivity contribution is 5.83.